The number of allylic oxidation sites excluding steroid dienone is 4. The summed E-state index contributed by atoms with van der Waals surface area (Å²) in [6.07, 6.45) is 14.8. The molecule has 0 bridgehead atoms. The van der Waals surface area contributed by atoms with Gasteiger partial charge in [-0.2, -0.15) is 0 Å². The molecule has 2 aliphatic rings. The van der Waals surface area contributed by atoms with Crippen LogP contribution in [0.3, 0.4) is 0 Å². The zero-order chi connectivity index (χ0) is 22.0. The second kappa shape index (κ2) is 9.02. The first-order valence-corrected chi connectivity index (χ1v) is 11.1. The summed E-state index contributed by atoms with van der Waals surface area (Å²) in [5.74, 6) is 0.889. The van der Waals surface area contributed by atoms with E-state index < -0.39 is 0 Å². The number of nitrogens with zero attached hydrogens (tertiary/aromatic N) is 4. The molecule has 1 fully saturated rings. The van der Waals surface area contributed by atoms with Gasteiger partial charge in [0.05, 0.1) is 17.6 Å². The molecular weight excluding hydrogens is 386 g/mol. The Morgan fingerprint density at radius 2 is 2.13 bits per heavy atom. The predicted molar refractivity (Wildman–Crippen MR) is 125 cm³/mol. The summed E-state index contributed by atoms with van der Waals surface area (Å²) in [7, 11) is 0. The maximum Gasteiger partial charge on any atom is 0.258 e. The van der Waals surface area contributed by atoms with Gasteiger partial charge in [-0.05, 0) is 57.3 Å². The number of fused-ring (bicyclic) bond motifs is 1. The lowest BCUT2D eigenvalue weighted by Gasteiger charge is -2.24. The van der Waals surface area contributed by atoms with Crippen molar-refractivity contribution in [2.24, 2.45) is 5.92 Å². The molecule has 6 heteroatoms. The highest BCUT2D eigenvalue weighted by molar-refractivity contribution is 5.74. The Morgan fingerprint density at radius 1 is 1.35 bits per heavy atom. The minimum Gasteiger partial charge on any atom is -0.324 e. The van der Waals surface area contributed by atoms with Crippen LogP contribution in [-0.2, 0) is 0 Å². The van der Waals surface area contributed by atoms with Crippen molar-refractivity contribution in [3.63, 3.8) is 0 Å². The summed E-state index contributed by atoms with van der Waals surface area (Å²) in [6, 6.07) is 1.60. The van der Waals surface area contributed by atoms with Crippen molar-refractivity contribution >= 4 is 11.2 Å². The van der Waals surface area contributed by atoms with E-state index in [1.54, 1.807) is 16.7 Å². The maximum absolute atomic E-state index is 12.9. The topological polar surface area (TPSA) is 62.5 Å². The third-order valence-electron chi connectivity index (χ3n) is 6.42. The zero-order valence-electron chi connectivity index (χ0n) is 18.6. The average Bonchev–Trinajstić information content (AvgIpc) is 2.80. The number of hydrogen-bond acceptors (Lipinski definition) is 5. The summed E-state index contributed by atoms with van der Waals surface area (Å²) in [5.41, 5.74) is 5.14. The zero-order valence-corrected chi connectivity index (χ0v) is 18.6. The molecule has 31 heavy (non-hydrogen) atoms. The molecule has 1 N–H and O–H groups in total. The second-order valence-electron chi connectivity index (χ2n) is 8.54. The molecule has 162 valence electrons. The number of aromatic nitrogens is 3. The van der Waals surface area contributed by atoms with Gasteiger partial charge in [0.15, 0.2) is 5.65 Å². The lowest BCUT2D eigenvalue weighted by atomic mass is 9.95. The maximum atomic E-state index is 12.9. The van der Waals surface area contributed by atoms with Crippen LogP contribution in [0.2, 0.25) is 0 Å². The lowest BCUT2D eigenvalue weighted by Crippen LogP contribution is -2.27. The van der Waals surface area contributed by atoms with E-state index in [1.807, 2.05) is 29.4 Å². The fraction of sp³-hybridized carbons (Fsp3) is 0.400. The first-order chi connectivity index (χ1) is 15.0. The van der Waals surface area contributed by atoms with Crippen LogP contribution >= 0.6 is 0 Å². The molecular formula is C25H31N5O. The smallest absolute Gasteiger partial charge is 0.258 e. The summed E-state index contributed by atoms with van der Waals surface area (Å²) in [6.45, 7) is 12.7. The van der Waals surface area contributed by atoms with E-state index in [0.29, 0.717) is 23.2 Å². The Morgan fingerprint density at radius 3 is 2.87 bits per heavy atom. The molecule has 1 atom stereocenters. The molecule has 4 rings (SSSR count). The fourth-order valence-corrected chi connectivity index (χ4v) is 3.99. The normalized spacial score (nSPS) is 19.1. The van der Waals surface area contributed by atoms with E-state index in [1.165, 1.54) is 5.57 Å². The van der Waals surface area contributed by atoms with Gasteiger partial charge in [0.25, 0.3) is 5.56 Å². The number of nitrogens with one attached hydrogen (secondary N) is 1. The van der Waals surface area contributed by atoms with Crippen molar-refractivity contribution in [3.8, 4) is 0 Å². The average molecular weight is 418 g/mol. The summed E-state index contributed by atoms with van der Waals surface area (Å²) >= 11 is 0. The third kappa shape index (κ3) is 4.54. The summed E-state index contributed by atoms with van der Waals surface area (Å²) in [4.78, 5) is 24.3. The van der Waals surface area contributed by atoms with Crippen molar-refractivity contribution < 1.29 is 0 Å². The highest BCUT2D eigenvalue weighted by Crippen LogP contribution is 2.26. The summed E-state index contributed by atoms with van der Waals surface area (Å²) in [5, 5.41) is 3.37. The van der Waals surface area contributed by atoms with Crippen LogP contribution in [0.15, 0.2) is 65.7 Å². The van der Waals surface area contributed by atoms with Crippen LogP contribution in [0.25, 0.3) is 11.2 Å². The Balaban J connectivity index is 1.67. The van der Waals surface area contributed by atoms with E-state index >= 15 is 0 Å². The van der Waals surface area contributed by atoms with E-state index in [9.17, 15) is 4.79 Å². The van der Waals surface area contributed by atoms with E-state index in [4.69, 9.17) is 4.98 Å². The van der Waals surface area contributed by atoms with Crippen LogP contribution in [-0.4, -0.2) is 32.4 Å². The highest BCUT2D eigenvalue weighted by Gasteiger charge is 2.18. The number of piperidine rings is 1. The van der Waals surface area contributed by atoms with Crippen molar-refractivity contribution in [1.82, 2.24) is 24.6 Å². The second-order valence-corrected chi connectivity index (χ2v) is 8.54. The van der Waals surface area contributed by atoms with Gasteiger partial charge < -0.3 is 10.2 Å². The van der Waals surface area contributed by atoms with E-state index in [2.05, 4.69) is 43.9 Å². The van der Waals surface area contributed by atoms with Crippen LogP contribution in [0.4, 0.5) is 0 Å². The molecule has 2 aromatic rings. The molecule has 2 aromatic heterocycles. The summed E-state index contributed by atoms with van der Waals surface area (Å²) < 4.78 is 1.62. The molecule has 0 radical (unpaired) electrons. The minimum absolute atomic E-state index is 0.0887. The van der Waals surface area contributed by atoms with Crippen LogP contribution in [0, 0.1) is 5.92 Å². The van der Waals surface area contributed by atoms with Crippen LogP contribution in [0.5, 0.6) is 0 Å². The molecule has 0 aliphatic carbocycles. The SMILES string of the molecule is C=C1C=CC(c2cc(=O)n3cc(C4CCNCC4)ncc3n2)=CN1/C=C(/C)C(C)CC. The van der Waals surface area contributed by atoms with Gasteiger partial charge in [-0.25, -0.2) is 4.98 Å². The highest BCUT2D eigenvalue weighted by atomic mass is 16.1. The molecule has 1 saturated heterocycles. The van der Waals surface area contributed by atoms with Crippen molar-refractivity contribution in [3.05, 3.63) is 82.6 Å². The van der Waals surface area contributed by atoms with Crippen molar-refractivity contribution in [1.29, 1.82) is 0 Å². The molecule has 0 saturated carbocycles. The molecule has 1 unspecified atom stereocenters. The van der Waals surface area contributed by atoms with Crippen LogP contribution in [0.1, 0.15) is 57.3 Å². The first kappa shape index (κ1) is 21.2. The van der Waals surface area contributed by atoms with Crippen LogP contribution < -0.4 is 10.9 Å². The van der Waals surface area contributed by atoms with E-state index in [-0.39, 0.29) is 5.56 Å². The molecule has 0 spiro atoms. The molecule has 6 nitrogen and oxygen atoms in total. The first-order valence-electron chi connectivity index (χ1n) is 11.1. The fourth-order valence-electron chi connectivity index (χ4n) is 3.99. The minimum atomic E-state index is -0.0887. The molecule has 0 aromatic carbocycles. The molecule has 2 aliphatic heterocycles. The van der Waals surface area contributed by atoms with Gasteiger partial charge in [-0.3, -0.25) is 14.2 Å². The van der Waals surface area contributed by atoms with Crippen molar-refractivity contribution in [2.45, 2.75) is 46.0 Å². The quantitative estimate of drug-likeness (QED) is 0.789. The van der Waals surface area contributed by atoms with Gasteiger partial charge in [0.2, 0.25) is 0 Å². The standard InChI is InChI=1S/C25H31N5O/c1-5-17(2)18(3)14-29-15-21(7-6-19(29)4)22-12-25(31)30-16-23(27-13-24(30)28-22)20-8-10-26-11-9-20/h6-7,12-17,20,26H,4-5,8-11H2,1-3H3/b18-14-. The van der Waals surface area contributed by atoms with Gasteiger partial charge in [-0.15, -0.1) is 0 Å². The monoisotopic (exact) mass is 417 g/mol. The van der Waals surface area contributed by atoms with Gasteiger partial charge in [0.1, 0.15) is 0 Å². The lowest BCUT2D eigenvalue weighted by molar-refractivity contribution is 0.452. The molecule has 0 amide bonds. The largest absolute Gasteiger partial charge is 0.324 e. The Kier molecular flexibility index (Phi) is 6.18. The number of rotatable bonds is 5. The Labute approximate surface area is 183 Å². The predicted octanol–water partition coefficient (Wildman–Crippen LogP) is 4.23. The van der Waals surface area contributed by atoms with Gasteiger partial charge >= 0.3 is 0 Å². The van der Waals surface area contributed by atoms with E-state index in [0.717, 1.165) is 49.3 Å². The van der Waals surface area contributed by atoms with Gasteiger partial charge in [0, 0.05) is 41.9 Å². The Bertz CT molecular complexity index is 1130. The third-order valence-corrected chi connectivity index (χ3v) is 6.42. The van der Waals surface area contributed by atoms with Gasteiger partial charge in [-0.1, -0.05) is 26.0 Å². The van der Waals surface area contributed by atoms with Crippen molar-refractivity contribution in [2.75, 3.05) is 13.1 Å². The molecule has 4 heterocycles. The number of hydrogen-bond donors (Lipinski definition) is 1. The Hall–Kier alpha value is -2.99.